The third-order valence-electron chi connectivity index (χ3n) is 0. The Hall–Kier alpha value is -0.346. The molecule has 0 amide bonds. The molecule has 0 atom stereocenters. The van der Waals surface area contributed by atoms with Gasteiger partial charge in [-0.1, -0.05) is 0 Å². The number of hydrogen-bond donors (Lipinski definition) is 0. The topological polar surface area (TPSA) is 80.3 Å². The molecule has 0 N–H and O–H groups in total. The van der Waals surface area contributed by atoms with E-state index >= 15 is 0 Å². The Morgan fingerprint density at radius 1 is 1.33 bits per heavy atom. The summed E-state index contributed by atoms with van der Waals surface area (Å²) in [6.07, 6.45) is -2.33. The van der Waals surface area contributed by atoms with E-state index in [4.69, 9.17) is 18.7 Å². The summed E-state index contributed by atoms with van der Waals surface area (Å²) in [6, 6.07) is 0. The Balaban J connectivity index is 0. The summed E-state index contributed by atoms with van der Waals surface area (Å²) in [5.41, 5.74) is 0. The van der Waals surface area contributed by atoms with Crippen molar-refractivity contribution < 1.29 is 36.1 Å². The molecule has 0 bridgehead atoms. The second-order valence-electron chi connectivity index (χ2n) is 0.250. The van der Waals surface area contributed by atoms with Gasteiger partial charge in [-0.2, -0.15) is 0 Å². The molecule has 0 aliphatic carbocycles. The number of carbonyl (C=O) groups excluding carboxylic acids is 1. The number of rotatable bonds is 0. The molecule has 0 unspecified atom stereocenters. The van der Waals surface area contributed by atoms with E-state index in [9.17, 15) is 0 Å². The summed E-state index contributed by atoms with van der Waals surface area (Å²) in [5, 5.41) is 16.7. The molecule has 0 radical (unpaired) electrons. The monoisotopic (exact) mass is 127 g/mol. The molecule has 0 aliphatic rings. The Kier molecular flexibility index (Phi) is 13.5. The van der Waals surface area contributed by atoms with E-state index in [0.29, 0.717) is 0 Å². The molecule has 0 spiro atoms. The van der Waals surface area contributed by atoms with Crippen molar-refractivity contribution in [1.82, 2.24) is 0 Å². The van der Waals surface area contributed by atoms with Crippen LogP contribution in [0.4, 0.5) is 4.79 Å². The van der Waals surface area contributed by atoms with E-state index in [2.05, 4.69) is 0 Å². The van der Waals surface area contributed by atoms with Gasteiger partial charge in [-0.25, -0.2) is 0 Å². The van der Waals surface area contributed by atoms with Crippen LogP contribution >= 0.6 is 0 Å². The van der Waals surface area contributed by atoms with Gasteiger partial charge in [0, 0.05) is 0 Å². The fraction of sp³-hybridized carbons (Fsp3) is 0. The van der Waals surface area contributed by atoms with Crippen LogP contribution in [0.1, 0.15) is 0 Å². The molecule has 0 aliphatic heterocycles. The Morgan fingerprint density at radius 2 is 1.33 bits per heavy atom. The first-order valence-electron chi connectivity index (χ1n) is 0.795. The van der Waals surface area contributed by atoms with E-state index in [1.807, 2.05) is 0 Å². The summed E-state index contributed by atoms with van der Waals surface area (Å²) in [6.45, 7) is 0. The van der Waals surface area contributed by atoms with Crippen LogP contribution in [-0.4, -0.2) is 6.16 Å². The zero-order valence-electron chi connectivity index (χ0n) is 2.58. The maximum absolute atomic E-state index is 8.33. The van der Waals surface area contributed by atoms with Gasteiger partial charge in [0.2, 0.25) is 0 Å². The molecule has 33 valence electrons. The number of hydrogen-bond acceptors (Lipinski definition) is 4. The van der Waals surface area contributed by atoms with E-state index in [1.165, 1.54) is 0 Å². The van der Waals surface area contributed by atoms with Crippen molar-refractivity contribution in [2.45, 2.75) is 0 Å². The van der Waals surface area contributed by atoms with Gasteiger partial charge in [0.15, 0.2) is 0 Å². The summed E-state index contributed by atoms with van der Waals surface area (Å²) in [5.74, 6) is 0. The molecule has 0 rings (SSSR count). The van der Waals surface area contributed by atoms with Crippen molar-refractivity contribution in [3.05, 3.63) is 0 Å². The van der Waals surface area contributed by atoms with Crippen LogP contribution < -0.4 is 10.2 Å². The van der Waals surface area contributed by atoms with Crippen LogP contribution in [0.15, 0.2) is 0 Å². The van der Waals surface area contributed by atoms with Crippen LogP contribution in [0.5, 0.6) is 0 Å². The van der Waals surface area contributed by atoms with E-state index < -0.39 is 6.16 Å². The first-order chi connectivity index (χ1) is 2.73. The molecule has 0 aromatic carbocycles. The van der Waals surface area contributed by atoms with Crippen LogP contribution in [0.2, 0.25) is 0 Å². The summed E-state index contributed by atoms with van der Waals surface area (Å²) < 4.78 is 8.19. The van der Waals surface area contributed by atoms with Gasteiger partial charge in [-0.15, -0.1) is 0 Å². The van der Waals surface area contributed by atoms with Crippen molar-refractivity contribution in [3.63, 3.8) is 0 Å². The third kappa shape index (κ3) is 216. The predicted molar refractivity (Wildman–Crippen MR) is 6.08 cm³/mol. The molecular formula is CO4V. The zero-order valence-corrected chi connectivity index (χ0v) is 3.98. The van der Waals surface area contributed by atoms with Crippen molar-refractivity contribution in [2.24, 2.45) is 0 Å². The van der Waals surface area contributed by atoms with Gasteiger partial charge in [0.1, 0.15) is 0 Å². The quantitative estimate of drug-likeness (QED) is 0.358. The second kappa shape index (κ2) is 8.82. The molecule has 0 saturated heterocycles. The first kappa shape index (κ1) is 9.17. The van der Waals surface area contributed by atoms with E-state index in [1.54, 1.807) is 0 Å². The molecule has 4 nitrogen and oxygen atoms in total. The molecule has 5 heteroatoms. The number of carboxylic acid groups (broad SMARTS) is 2. The van der Waals surface area contributed by atoms with Gasteiger partial charge in [-0.05, 0) is 6.16 Å². The van der Waals surface area contributed by atoms with Crippen LogP contribution in [-0.2, 0) is 21.0 Å². The van der Waals surface area contributed by atoms with Crippen molar-refractivity contribution in [1.29, 1.82) is 0 Å². The summed E-state index contributed by atoms with van der Waals surface area (Å²) >= 11 is 1.06. The van der Waals surface area contributed by atoms with Crippen LogP contribution in [0, 0.1) is 0 Å². The molecule has 0 aromatic heterocycles. The average Bonchev–Trinajstić information content (AvgIpc) is 1.41. The molecule has 6 heavy (non-hydrogen) atoms. The van der Waals surface area contributed by atoms with Crippen molar-refractivity contribution >= 4 is 6.16 Å². The standard InChI is InChI=1S/CH2O3.O.V/c2-1(3)4;;/h(H2,2,3,4);;/q;;+2/p-2. The SMILES string of the molecule is O=C([O-])[O-].[O]=[V+2]. The van der Waals surface area contributed by atoms with Crippen LogP contribution in [0.3, 0.4) is 0 Å². The fourth-order valence-electron chi connectivity index (χ4n) is 0. The van der Waals surface area contributed by atoms with E-state index in [-0.39, 0.29) is 0 Å². The summed E-state index contributed by atoms with van der Waals surface area (Å²) in [7, 11) is 0. The minimum absolute atomic E-state index is 1.06. The van der Waals surface area contributed by atoms with Gasteiger partial charge in [0.05, 0.1) is 0 Å². The fourth-order valence-corrected chi connectivity index (χ4v) is 0. The third-order valence-corrected chi connectivity index (χ3v) is 0. The van der Waals surface area contributed by atoms with Crippen molar-refractivity contribution in [2.75, 3.05) is 0 Å². The Bertz CT molecular complexity index is 38.8. The van der Waals surface area contributed by atoms with Gasteiger partial charge >= 0.3 is 21.0 Å². The molecule has 0 fully saturated rings. The molecule has 0 aromatic rings. The van der Waals surface area contributed by atoms with E-state index in [0.717, 1.165) is 17.4 Å². The van der Waals surface area contributed by atoms with Gasteiger partial charge in [0.25, 0.3) is 0 Å². The zero-order chi connectivity index (χ0) is 5.58. The predicted octanol–water partition coefficient (Wildman–Crippen LogP) is -2.57. The minimum atomic E-state index is -2.33. The second-order valence-corrected chi connectivity index (χ2v) is 0.250. The molecule has 0 saturated carbocycles. The molecule has 0 heterocycles. The average molecular weight is 127 g/mol. The number of carbonyl (C=O) groups is 1. The van der Waals surface area contributed by atoms with Crippen LogP contribution in [0.25, 0.3) is 0 Å². The van der Waals surface area contributed by atoms with Gasteiger partial charge < -0.3 is 15.0 Å². The van der Waals surface area contributed by atoms with Crippen molar-refractivity contribution in [3.8, 4) is 0 Å². The summed E-state index contributed by atoms with van der Waals surface area (Å²) in [4.78, 5) is 8.33. The maximum atomic E-state index is 8.33. The Labute approximate surface area is 43.0 Å². The van der Waals surface area contributed by atoms with Gasteiger partial charge in [-0.3, -0.25) is 0 Å². The normalized spacial score (nSPS) is 5.00. The molecular weight excluding hydrogens is 127 g/mol. The Morgan fingerprint density at radius 3 is 1.33 bits per heavy atom. The first-order valence-corrected chi connectivity index (χ1v) is 1.37.